The van der Waals surface area contributed by atoms with Crippen LogP contribution in [0.3, 0.4) is 0 Å². The average molecular weight is 261 g/mol. The Bertz CT molecular complexity index is 439. The first kappa shape index (κ1) is 14.4. The molecule has 2 nitrogen and oxygen atoms in total. The van der Waals surface area contributed by atoms with Crippen LogP contribution >= 0.6 is 0 Å². The van der Waals surface area contributed by atoms with Crippen molar-refractivity contribution < 1.29 is 4.74 Å². The molecule has 0 saturated carbocycles. The number of rotatable bonds is 4. The molecule has 1 aromatic rings. The van der Waals surface area contributed by atoms with Gasteiger partial charge in [0.1, 0.15) is 5.75 Å². The van der Waals surface area contributed by atoms with Crippen LogP contribution in [0.25, 0.3) is 0 Å². The van der Waals surface area contributed by atoms with Crippen LogP contribution in [-0.4, -0.2) is 13.2 Å². The van der Waals surface area contributed by atoms with Crippen molar-refractivity contribution in [1.82, 2.24) is 0 Å². The summed E-state index contributed by atoms with van der Waals surface area (Å²) in [5, 5.41) is 0. The molecule has 0 spiro atoms. The summed E-state index contributed by atoms with van der Waals surface area (Å²) in [5.41, 5.74) is 9.46. The Morgan fingerprint density at radius 1 is 1.37 bits per heavy atom. The molecule has 106 valence electrons. The Morgan fingerprint density at radius 2 is 2.11 bits per heavy atom. The fourth-order valence-electron chi connectivity index (χ4n) is 3.44. The number of unbranched alkanes of at least 4 members (excludes halogenated alkanes) is 1. The van der Waals surface area contributed by atoms with Crippen molar-refractivity contribution in [2.24, 2.45) is 5.73 Å². The van der Waals surface area contributed by atoms with Gasteiger partial charge in [-0.05, 0) is 47.4 Å². The van der Waals surface area contributed by atoms with E-state index >= 15 is 0 Å². The largest absolute Gasteiger partial charge is 0.497 e. The molecule has 0 fully saturated rings. The molecule has 0 amide bonds. The number of methoxy groups -OCH3 is 1. The van der Waals surface area contributed by atoms with Gasteiger partial charge in [-0.25, -0.2) is 0 Å². The van der Waals surface area contributed by atoms with Crippen molar-refractivity contribution in [3.05, 3.63) is 29.3 Å². The van der Waals surface area contributed by atoms with E-state index in [0.29, 0.717) is 5.92 Å². The molecule has 1 aromatic carbocycles. The van der Waals surface area contributed by atoms with Crippen LogP contribution in [0.5, 0.6) is 5.75 Å². The zero-order chi connectivity index (χ0) is 14.0. The van der Waals surface area contributed by atoms with Gasteiger partial charge in [-0.3, -0.25) is 0 Å². The fourth-order valence-corrected chi connectivity index (χ4v) is 3.44. The highest BCUT2D eigenvalue weighted by atomic mass is 16.5. The van der Waals surface area contributed by atoms with E-state index in [4.69, 9.17) is 10.5 Å². The van der Waals surface area contributed by atoms with Gasteiger partial charge in [0.2, 0.25) is 0 Å². The number of nitrogens with two attached hydrogens (primary N) is 1. The van der Waals surface area contributed by atoms with Crippen LogP contribution in [0.4, 0.5) is 0 Å². The van der Waals surface area contributed by atoms with Gasteiger partial charge >= 0.3 is 0 Å². The van der Waals surface area contributed by atoms with E-state index in [9.17, 15) is 0 Å². The molecule has 1 aliphatic carbocycles. The predicted molar refractivity (Wildman–Crippen MR) is 80.9 cm³/mol. The maximum Gasteiger partial charge on any atom is 0.119 e. The van der Waals surface area contributed by atoms with E-state index < -0.39 is 0 Å². The van der Waals surface area contributed by atoms with Crippen LogP contribution in [0, 0.1) is 0 Å². The van der Waals surface area contributed by atoms with Crippen LogP contribution in [0.1, 0.15) is 63.5 Å². The molecule has 0 aliphatic heterocycles. The highest BCUT2D eigenvalue weighted by Gasteiger charge is 2.37. The van der Waals surface area contributed by atoms with Gasteiger partial charge in [0.25, 0.3) is 0 Å². The fraction of sp³-hybridized carbons (Fsp3) is 0.647. The minimum atomic E-state index is 0.145. The van der Waals surface area contributed by atoms with Crippen LogP contribution in [0.2, 0.25) is 0 Å². The molecular formula is C17H27NO. The number of benzene rings is 1. The lowest BCUT2D eigenvalue weighted by Gasteiger charge is -2.41. The zero-order valence-electron chi connectivity index (χ0n) is 12.7. The van der Waals surface area contributed by atoms with E-state index in [1.807, 2.05) is 0 Å². The quantitative estimate of drug-likeness (QED) is 0.890. The lowest BCUT2D eigenvalue weighted by Crippen LogP contribution is -2.41. The summed E-state index contributed by atoms with van der Waals surface area (Å²) >= 11 is 0. The summed E-state index contributed by atoms with van der Waals surface area (Å²) < 4.78 is 5.39. The summed E-state index contributed by atoms with van der Waals surface area (Å²) in [6.45, 7) is 6.83. The van der Waals surface area contributed by atoms with Gasteiger partial charge in [-0.2, -0.15) is 0 Å². The third kappa shape index (κ3) is 2.79. The van der Waals surface area contributed by atoms with Gasteiger partial charge in [-0.15, -0.1) is 0 Å². The summed E-state index contributed by atoms with van der Waals surface area (Å²) in [6, 6.07) is 6.80. The molecule has 2 N–H and O–H groups in total. The first-order valence-corrected chi connectivity index (χ1v) is 7.43. The van der Waals surface area contributed by atoms with Crippen molar-refractivity contribution in [2.45, 2.75) is 63.8 Å². The lowest BCUT2D eigenvalue weighted by molar-refractivity contribution is 0.330. The first-order valence-electron chi connectivity index (χ1n) is 7.43. The minimum Gasteiger partial charge on any atom is -0.497 e. The van der Waals surface area contributed by atoms with E-state index in [1.165, 1.54) is 30.4 Å². The van der Waals surface area contributed by atoms with Crippen LogP contribution in [0.15, 0.2) is 18.2 Å². The third-order valence-corrected chi connectivity index (χ3v) is 4.52. The number of hydrogen-bond donors (Lipinski definition) is 1. The Balaban J connectivity index is 2.42. The molecule has 2 rings (SSSR count). The Labute approximate surface area is 117 Å². The zero-order valence-corrected chi connectivity index (χ0v) is 12.7. The Hall–Kier alpha value is -1.02. The molecule has 0 saturated heterocycles. The molecule has 0 bridgehead atoms. The standard InChI is InChI=1S/C17H27NO/c1-5-6-7-14-13-9-8-12(19-4)10-15(13)17(2,3)11-16(14)18/h8-10,14,16H,5-7,11,18H2,1-4H3. The molecule has 19 heavy (non-hydrogen) atoms. The van der Waals surface area contributed by atoms with Gasteiger partial charge in [-0.1, -0.05) is 39.7 Å². The molecule has 0 heterocycles. The second-order valence-corrected chi connectivity index (χ2v) is 6.45. The molecule has 0 radical (unpaired) electrons. The van der Waals surface area contributed by atoms with E-state index in [0.717, 1.165) is 12.2 Å². The maximum absolute atomic E-state index is 6.45. The number of hydrogen-bond acceptors (Lipinski definition) is 2. The lowest BCUT2D eigenvalue weighted by atomic mass is 9.65. The minimum absolute atomic E-state index is 0.145. The molecule has 2 unspecified atom stereocenters. The first-order chi connectivity index (χ1) is 8.99. The molecule has 2 heteroatoms. The number of ether oxygens (including phenoxy) is 1. The topological polar surface area (TPSA) is 35.2 Å². The second kappa shape index (κ2) is 5.54. The highest BCUT2D eigenvalue weighted by Crippen LogP contribution is 2.45. The third-order valence-electron chi connectivity index (χ3n) is 4.52. The Morgan fingerprint density at radius 3 is 2.74 bits per heavy atom. The maximum atomic E-state index is 6.45. The van der Waals surface area contributed by atoms with Crippen molar-refractivity contribution >= 4 is 0 Å². The monoisotopic (exact) mass is 261 g/mol. The summed E-state index contributed by atoms with van der Waals surface area (Å²) in [7, 11) is 1.73. The second-order valence-electron chi connectivity index (χ2n) is 6.45. The van der Waals surface area contributed by atoms with E-state index in [2.05, 4.69) is 39.0 Å². The average Bonchev–Trinajstić information content (AvgIpc) is 2.37. The van der Waals surface area contributed by atoms with Gasteiger partial charge < -0.3 is 10.5 Å². The van der Waals surface area contributed by atoms with Crippen molar-refractivity contribution in [3.63, 3.8) is 0 Å². The van der Waals surface area contributed by atoms with Gasteiger partial charge in [0.15, 0.2) is 0 Å². The predicted octanol–water partition coefficient (Wildman–Crippen LogP) is 3.98. The number of fused-ring (bicyclic) bond motifs is 1. The van der Waals surface area contributed by atoms with E-state index in [-0.39, 0.29) is 11.5 Å². The van der Waals surface area contributed by atoms with Gasteiger partial charge in [0, 0.05) is 6.04 Å². The van der Waals surface area contributed by atoms with E-state index in [1.54, 1.807) is 7.11 Å². The molecule has 0 aromatic heterocycles. The van der Waals surface area contributed by atoms with Gasteiger partial charge in [0.05, 0.1) is 7.11 Å². The summed E-state index contributed by atoms with van der Waals surface area (Å²) in [5.74, 6) is 1.46. The SMILES string of the molecule is CCCCC1c2ccc(OC)cc2C(C)(C)CC1N. The van der Waals surface area contributed by atoms with Crippen molar-refractivity contribution in [3.8, 4) is 5.75 Å². The molecular weight excluding hydrogens is 234 g/mol. The normalized spacial score (nSPS) is 24.9. The van der Waals surface area contributed by atoms with Crippen LogP contribution in [-0.2, 0) is 5.41 Å². The van der Waals surface area contributed by atoms with Crippen molar-refractivity contribution in [1.29, 1.82) is 0 Å². The van der Waals surface area contributed by atoms with Crippen molar-refractivity contribution in [2.75, 3.05) is 7.11 Å². The summed E-state index contributed by atoms with van der Waals surface area (Å²) in [4.78, 5) is 0. The Kier molecular flexibility index (Phi) is 4.19. The molecule has 2 atom stereocenters. The summed E-state index contributed by atoms with van der Waals surface area (Å²) in [6.07, 6.45) is 4.75. The molecule has 1 aliphatic rings. The smallest absolute Gasteiger partial charge is 0.119 e. The van der Waals surface area contributed by atoms with Crippen LogP contribution < -0.4 is 10.5 Å². The highest BCUT2D eigenvalue weighted by molar-refractivity contribution is 5.44.